The van der Waals surface area contributed by atoms with E-state index in [9.17, 15) is 0 Å². The Bertz CT molecular complexity index is 3230. The summed E-state index contributed by atoms with van der Waals surface area (Å²) in [6.07, 6.45) is 17.6. The lowest BCUT2D eigenvalue weighted by atomic mass is 9.65. The number of benzene rings is 5. The number of nitrogens with one attached hydrogen (secondary N) is 1. The third-order valence-electron chi connectivity index (χ3n) is 12.8. The van der Waals surface area contributed by atoms with E-state index in [1.807, 2.05) is 24.5 Å². The number of hydrogen-bond acceptors (Lipinski definition) is 3. The summed E-state index contributed by atoms with van der Waals surface area (Å²) < 4.78 is 4.73. The molecule has 12 rings (SSSR count). The van der Waals surface area contributed by atoms with Gasteiger partial charge in [0.25, 0.3) is 0 Å². The first-order valence-electron chi connectivity index (χ1n) is 20.3. The van der Waals surface area contributed by atoms with Gasteiger partial charge in [0.1, 0.15) is 11.0 Å². The van der Waals surface area contributed by atoms with Gasteiger partial charge in [-0.2, -0.15) is 0 Å². The van der Waals surface area contributed by atoms with Crippen molar-refractivity contribution in [1.82, 2.24) is 24.4 Å². The van der Waals surface area contributed by atoms with Crippen molar-refractivity contribution >= 4 is 43.9 Å². The average molecular weight is 746 g/mol. The fraction of sp³-hybridized carbons (Fsp3) is 0.0943. The van der Waals surface area contributed by atoms with E-state index in [4.69, 9.17) is 0 Å². The SMILES string of the molecule is CCC1=CC(C2(C3=CCNC=C3)c3ccccc3-c3ccc4c(c32)c2ccccc2n4-c2ccc(-c3ccc(-n4c5cccnc5c5ncccc54)cc3)cc2)=CC1. The maximum Gasteiger partial charge on any atom is 0.115 e. The third-order valence-corrected chi connectivity index (χ3v) is 12.8. The standard InChI is InChI=1S/C53H39N5/c1-2-34-15-20-38(33-34)53(37-27-31-54-32-28-37)44-11-5-3-9-41(44)42-25-26-46-49(50(42)53)43-10-4-6-12-45(43)57(46)39-21-16-35(17-22-39)36-18-23-40(24-19-36)58-47-13-7-29-55-51(47)52-48(58)14-8-30-56-52/h3-14,16-31,33,54H,2,15,32H2,1H3. The van der Waals surface area contributed by atoms with Crippen LogP contribution in [0.15, 0.2) is 193 Å². The van der Waals surface area contributed by atoms with E-state index < -0.39 is 5.41 Å². The third kappa shape index (κ3) is 4.53. The van der Waals surface area contributed by atoms with E-state index in [2.05, 4.69) is 183 Å². The Morgan fingerprint density at radius 2 is 1.26 bits per heavy atom. The highest BCUT2D eigenvalue weighted by Gasteiger charge is 2.49. The lowest BCUT2D eigenvalue weighted by Crippen LogP contribution is -2.31. The molecular formula is C53H39N5. The van der Waals surface area contributed by atoms with Crippen molar-refractivity contribution in [3.63, 3.8) is 0 Å². The minimum Gasteiger partial charge on any atom is -0.387 e. The Balaban J connectivity index is 1.01. The first kappa shape index (κ1) is 33.0. The predicted molar refractivity (Wildman–Crippen MR) is 239 cm³/mol. The summed E-state index contributed by atoms with van der Waals surface area (Å²) in [6.45, 7) is 3.09. The molecule has 5 heteroatoms. The van der Waals surface area contributed by atoms with Crippen LogP contribution in [0.25, 0.3) is 77.5 Å². The summed E-state index contributed by atoms with van der Waals surface area (Å²) in [5.74, 6) is 0. The van der Waals surface area contributed by atoms with E-state index in [-0.39, 0.29) is 0 Å². The normalized spacial score (nSPS) is 17.1. The summed E-state index contributed by atoms with van der Waals surface area (Å²) in [4.78, 5) is 9.34. The van der Waals surface area contributed by atoms with E-state index >= 15 is 0 Å². The van der Waals surface area contributed by atoms with Crippen LogP contribution in [0.4, 0.5) is 0 Å². The zero-order chi connectivity index (χ0) is 38.4. The molecule has 5 nitrogen and oxygen atoms in total. The summed E-state index contributed by atoms with van der Waals surface area (Å²) in [6, 6.07) is 49.0. The Hall–Kier alpha value is -7.24. The van der Waals surface area contributed by atoms with Gasteiger partial charge in [-0.15, -0.1) is 0 Å². The van der Waals surface area contributed by atoms with Crippen molar-refractivity contribution in [3.05, 3.63) is 204 Å². The second-order valence-electron chi connectivity index (χ2n) is 15.6. The second-order valence-corrected chi connectivity index (χ2v) is 15.6. The molecule has 1 atom stereocenters. The molecule has 9 aromatic rings. The fourth-order valence-corrected chi connectivity index (χ4v) is 10.3. The first-order valence-corrected chi connectivity index (χ1v) is 20.3. The zero-order valence-corrected chi connectivity index (χ0v) is 32.2. The van der Waals surface area contributed by atoms with Gasteiger partial charge in [-0.05, 0) is 130 Å². The fourth-order valence-electron chi connectivity index (χ4n) is 10.3. The molecule has 0 amide bonds. The smallest absolute Gasteiger partial charge is 0.115 e. The monoisotopic (exact) mass is 745 g/mol. The van der Waals surface area contributed by atoms with Crippen LogP contribution in [0, 0.1) is 0 Å². The molecule has 0 radical (unpaired) electrons. The largest absolute Gasteiger partial charge is 0.387 e. The number of fused-ring (bicyclic) bond motifs is 10. The van der Waals surface area contributed by atoms with E-state index in [0.717, 1.165) is 52.8 Å². The number of nitrogens with zero attached hydrogens (tertiary/aromatic N) is 4. The van der Waals surface area contributed by atoms with Crippen LogP contribution in [-0.4, -0.2) is 25.6 Å². The molecule has 58 heavy (non-hydrogen) atoms. The van der Waals surface area contributed by atoms with Gasteiger partial charge < -0.3 is 14.5 Å². The highest BCUT2D eigenvalue weighted by molar-refractivity contribution is 6.15. The van der Waals surface area contributed by atoms with Crippen LogP contribution in [-0.2, 0) is 5.41 Å². The molecule has 0 fully saturated rings. The molecule has 3 aliphatic rings. The number of allylic oxidation sites excluding steroid dienone is 6. The predicted octanol–water partition coefficient (Wildman–Crippen LogP) is 12.3. The molecule has 2 aliphatic carbocycles. The van der Waals surface area contributed by atoms with Crippen molar-refractivity contribution in [2.24, 2.45) is 0 Å². The quantitative estimate of drug-likeness (QED) is 0.184. The Morgan fingerprint density at radius 3 is 1.93 bits per heavy atom. The van der Waals surface area contributed by atoms with Crippen molar-refractivity contribution in [2.75, 3.05) is 6.54 Å². The number of aromatic nitrogens is 4. The maximum absolute atomic E-state index is 4.67. The van der Waals surface area contributed by atoms with Crippen LogP contribution in [0.5, 0.6) is 0 Å². The summed E-state index contributed by atoms with van der Waals surface area (Å²) in [5.41, 5.74) is 20.1. The Kier molecular flexibility index (Phi) is 7.18. The van der Waals surface area contributed by atoms with Gasteiger partial charge in [-0.3, -0.25) is 9.97 Å². The van der Waals surface area contributed by atoms with Crippen LogP contribution < -0.4 is 5.32 Å². The van der Waals surface area contributed by atoms with Crippen LogP contribution in [0.2, 0.25) is 0 Å². The van der Waals surface area contributed by atoms with Crippen molar-refractivity contribution in [1.29, 1.82) is 0 Å². The lowest BCUT2D eigenvalue weighted by Gasteiger charge is -2.36. The van der Waals surface area contributed by atoms with Crippen molar-refractivity contribution in [2.45, 2.75) is 25.2 Å². The van der Waals surface area contributed by atoms with Gasteiger partial charge >= 0.3 is 0 Å². The second kappa shape index (κ2) is 12.6. The van der Waals surface area contributed by atoms with E-state index in [1.54, 1.807) is 0 Å². The maximum atomic E-state index is 4.67. The first-order chi connectivity index (χ1) is 28.7. The van der Waals surface area contributed by atoms with E-state index in [0.29, 0.717) is 0 Å². The molecule has 0 saturated carbocycles. The van der Waals surface area contributed by atoms with Crippen LogP contribution in [0.1, 0.15) is 30.9 Å². The minimum absolute atomic E-state index is 0.432. The molecule has 4 aromatic heterocycles. The molecular weight excluding hydrogens is 707 g/mol. The van der Waals surface area contributed by atoms with Gasteiger partial charge in [0.05, 0.1) is 27.5 Å². The van der Waals surface area contributed by atoms with Gasteiger partial charge in [0, 0.05) is 41.1 Å². The van der Waals surface area contributed by atoms with Gasteiger partial charge in [0.15, 0.2) is 0 Å². The molecule has 5 heterocycles. The molecule has 0 saturated heterocycles. The van der Waals surface area contributed by atoms with Gasteiger partial charge in [-0.1, -0.05) is 104 Å². The lowest BCUT2D eigenvalue weighted by molar-refractivity contribution is 0.755. The van der Waals surface area contributed by atoms with Crippen molar-refractivity contribution in [3.8, 4) is 33.6 Å². The number of para-hydroxylation sites is 1. The molecule has 276 valence electrons. The number of pyridine rings is 2. The Labute approximate surface area is 336 Å². The van der Waals surface area contributed by atoms with Crippen molar-refractivity contribution < 1.29 is 0 Å². The average Bonchev–Trinajstić information content (AvgIpc) is 4.06. The van der Waals surface area contributed by atoms with Crippen LogP contribution >= 0.6 is 0 Å². The minimum atomic E-state index is -0.432. The molecule has 1 N–H and O–H groups in total. The summed E-state index contributed by atoms with van der Waals surface area (Å²) >= 11 is 0. The summed E-state index contributed by atoms with van der Waals surface area (Å²) in [5, 5.41) is 6.04. The topological polar surface area (TPSA) is 47.7 Å². The molecule has 1 aliphatic heterocycles. The number of hydrogen-bond donors (Lipinski definition) is 1. The number of dihydropyridines is 1. The molecule has 1 unspecified atom stereocenters. The zero-order valence-electron chi connectivity index (χ0n) is 32.2. The summed E-state index contributed by atoms with van der Waals surface area (Å²) in [7, 11) is 0. The highest BCUT2D eigenvalue weighted by Crippen LogP contribution is 2.61. The molecule has 0 spiro atoms. The molecule has 0 bridgehead atoms. The Morgan fingerprint density at radius 1 is 0.603 bits per heavy atom. The van der Waals surface area contributed by atoms with E-state index in [1.165, 1.54) is 71.9 Å². The number of rotatable bonds is 6. The highest BCUT2D eigenvalue weighted by atomic mass is 15.0. The molecule has 5 aromatic carbocycles. The van der Waals surface area contributed by atoms with Crippen LogP contribution in [0.3, 0.4) is 0 Å². The van der Waals surface area contributed by atoms with Gasteiger partial charge in [0.2, 0.25) is 0 Å². The van der Waals surface area contributed by atoms with Gasteiger partial charge in [-0.25, -0.2) is 0 Å².